The molecule has 20 heavy (non-hydrogen) atoms. The largest absolute Gasteiger partial charge is 0.388 e. The van der Waals surface area contributed by atoms with Gasteiger partial charge in [0, 0.05) is 20.8 Å². The van der Waals surface area contributed by atoms with Gasteiger partial charge in [-0.3, -0.25) is 19.8 Å². The molecule has 0 radical (unpaired) electrons. The van der Waals surface area contributed by atoms with Crippen LogP contribution in [-0.2, 0) is 20.7 Å². The van der Waals surface area contributed by atoms with Crippen molar-refractivity contribution in [1.82, 2.24) is 10.2 Å². The minimum Gasteiger partial charge on any atom is -0.388 e. The van der Waals surface area contributed by atoms with Crippen molar-refractivity contribution in [2.24, 2.45) is 0 Å². The number of carbonyl (C=O) groups is 3. The van der Waals surface area contributed by atoms with Crippen LogP contribution in [0.1, 0.15) is 12.0 Å². The second-order valence-corrected chi connectivity index (χ2v) is 4.22. The Balaban J connectivity index is 0.000000612. The zero-order chi connectivity index (χ0) is 15.0. The number of benzene rings is 1. The van der Waals surface area contributed by atoms with Crippen LogP contribution in [0.25, 0.3) is 0 Å². The second kappa shape index (κ2) is 8.06. The number of imide groups is 2. The van der Waals surface area contributed by atoms with Gasteiger partial charge in [-0.05, 0) is 12.0 Å². The van der Waals surface area contributed by atoms with Crippen LogP contribution >= 0.6 is 0 Å². The first kappa shape index (κ1) is 15.8. The lowest BCUT2D eigenvalue weighted by Gasteiger charge is -2.24. The quantitative estimate of drug-likeness (QED) is 0.836. The van der Waals surface area contributed by atoms with Crippen molar-refractivity contribution in [2.75, 3.05) is 20.8 Å². The van der Waals surface area contributed by atoms with Crippen molar-refractivity contribution >= 4 is 17.8 Å². The van der Waals surface area contributed by atoms with Crippen LogP contribution in [-0.4, -0.2) is 43.5 Å². The third-order valence-electron chi connectivity index (χ3n) is 2.57. The molecule has 0 bridgehead atoms. The minimum absolute atomic E-state index is 0.249. The highest BCUT2D eigenvalue weighted by molar-refractivity contribution is 6.14. The predicted molar refractivity (Wildman–Crippen MR) is 72.9 cm³/mol. The molecule has 1 aliphatic rings. The summed E-state index contributed by atoms with van der Waals surface area (Å²) in [5.41, 5.74) is 1.05. The van der Waals surface area contributed by atoms with E-state index in [1.54, 1.807) is 14.2 Å². The summed E-state index contributed by atoms with van der Waals surface area (Å²) in [4.78, 5) is 34.9. The smallest absolute Gasteiger partial charge is 0.330 e. The molecule has 1 aromatic carbocycles. The average molecular weight is 278 g/mol. The van der Waals surface area contributed by atoms with Gasteiger partial charge in [0.2, 0.25) is 11.8 Å². The molecule has 6 heteroatoms. The number of ether oxygens (including phenoxy) is 1. The molecular weight excluding hydrogens is 260 g/mol. The molecule has 2 rings (SSSR count). The Morgan fingerprint density at radius 2 is 1.75 bits per heavy atom. The van der Waals surface area contributed by atoms with Gasteiger partial charge in [0.1, 0.15) is 6.42 Å². The number of nitrogens with zero attached hydrogens (tertiary/aromatic N) is 1. The van der Waals surface area contributed by atoms with E-state index in [4.69, 9.17) is 0 Å². The maximum absolute atomic E-state index is 11.5. The Morgan fingerprint density at radius 3 is 2.30 bits per heavy atom. The molecular formula is C14H18N2O4. The van der Waals surface area contributed by atoms with Crippen LogP contribution in [0, 0.1) is 0 Å². The first-order valence-electron chi connectivity index (χ1n) is 6.16. The molecule has 108 valence electrons. The molecule has 6 nitrogen and oxygen atoms in total. The number of amides is 4. The molecule has 0 spiro atoms. The Bertz CT molecular complexity index is 453. The molecule has 1 N–H and O–H groups in total. The summed E-state index contributed by atoms with van der Waals surface area (Å²) in [6, 6.07) is 8.94. The van der Waals surface area contributed by atoms with E-state index in [9.17, 15) is 14.4 Å². The van der Waals surface area contributed by atoms with Gasteiger partial charge >= 0.3 is 6.03 Å². The Morgan fingerprint density at radius 1 is 1.15 bits per heavy atom. The van der Waals surface area contributed by atoms with Crippen molar-refractivity contribution in [3.8, 4) is 0 Å². The summed E-state index contributed by atoms with van der Waals surface area (Å²) >= 11 is 0. The molecule has 1 fully saturated rings. The summed E-state index contributed by atoms with van der Waals surface area (Å²) in [5, 5.41) is 2.12. The van der Waals surface area contributed by atoms with Gasteiger partial charge in [0.25, 0.3) is 0 Å². The number of urea groups is 1. The van der Waals surface area contributed by atoms with Gasteiger partial charge in [0.05, 0.1) is 0 Å². The molecule has 1 saturated heterocycles. The van der Waals surface area contributed by atoms with Gasteiger partial charge in [-0.25, -0.2) is 4.79 Å². The van der Waals surface area contributed by atoms with E-state index >= 15 is 0 Å². The molecule has 1 heterocycles. The van der Waals surface area contributed by atoms with Gasteiger partial charge in [0.15, 0.2) is 0 Å². The van der Waals surface area contributed by atoms with E-state index in [0.29, 0.717) is 13.0 Å². The summed E-state index contributed by atoms with van der Waals surface area (Å²) in [5.74, 6) is -0.967. The van der Waals surface area contributed by atoms with Crippen molar-refractivity contribution in [3.05, 3.63) is 35.9 Å². The van der Waals surface area contributed by atoms with Gasteiger partial charge < -0.3 is 4.74 Å². The molecule has 0 saturated carbocycles. The number of nitrogens with one attached hydrogen (secondary N) is 1. The Labute approximate surface area is 117 Å². The van der Waals surface area contributed by atoms with Crippen LogP contribution < -0.4 is 5.32 Å². The standard InChI is InChI=1S/C12H12N2O3.C2H6O/c15-10-8-11(16)14(12(17)13-10)7-6-9-4-2-1-3-5-9;1-3-2/h1-5H,6-8H2,(H,13,15,17);1-2H3. The van der Waals surface area contributed by atoms with Crippen molar-refractivity contribution < 1.29 is 19.1 Å². The lowest BCUT2D eigenvalue weighted by molar-refractivity contribution is -0.136. The lowest BCUT2D eigenvalue weighted by Crippen LogP contribution is -2.53. The second-order valence-electron chi connectivity index (χ2n) is 4.22. The highest BCUT2D eigenvalue weighted by atomic mass is 16.4. The summed E-state index contributed by atoms with van der Waals surface area (Å²) in [7, 11) is 3.25. The first-order chi connectivity index (χ1) is 9.58. The van der Waals surface area contributed by atoms with Gasteiger partial charge in [-0.1, -0.05) is 30.3 Å². The van der Waals surface area contributed by atoms with E-state index < -0.39 is 17.8 Å². The average Bonchev–Trinajstić information content (AvgIpc) is 2.39. The third kappa shape index (κ3) is 4.81. The number of methoxy groups -OCH3 is 1. The van der Waals surface area contributed by atoms with E-state index in [0.717, 1.165) is 10.5 Å². The molecule has 0 unspecified atom stereocenters. The van der Waals surface area contributed by atoms with E-state index in [1.807, 2.05) is 30.3 Å². The van der Waals surface area contributed by atoms with E-state index in [2.05, 4.69) is 10.1 Å². The van der Waals surface area contributed by atoms with Crippen LogP contribution in [0.3, 0.4) is 0 Å². The zero-order valence-electron chi connectivity index (χ0n) is 11.6. The number of hydrogen-bond acceptors (Lipinski definition) is 4. The molecule has 0 atom stereocenters. The lowest BCUT2D eigenvalue weighted by atomic mass is 10.1. The Kier molecular flexibility index (Phi) is 6.39. The summed E-state index contributed by atoms with van der Waals surface area (Å²) in [6.07, 6.45) is 0.342. The maximum Gasteiger partial charge on any atom is 0.330 e. The molecule has 0 aliphatic carbocycles. The fourth-order valence-electron chi connectivity index (χ4n) is 1.69. The van der Waals surface area contributed by atoms with Crippen LogP contribution in [0.4, 0.5) is 4.79 Å². The van der Waals surface area contributed by atoms with Crippen LogP contribution in [0.2, 0.25) is 0 Å². The minimum atomic E-state index is -0.623. The SMILES string of the molecule is COC.O=C1CC(=O)N(CCc2ccccc2)C(=O)N1. The van der Waals surface area contributed by atoms with E-state index in [1.165, 1.54) is 0 Å². The summed E-state index contributed by atoms with van der Waals surface area (Å²) < 4.78 is 4.25. The van der Waals surface area contributed by atoms with E-state index in [-0.39, 0.29) is 6.42 Å². The Hall–Kier alpha value is -2.21. The third-order valence-corrected chi connectivity index (χ3v) is 2.57. The van der Waals surface area contributed by atoms with Gasteiger partial charge in [-0.2, -0.15) is 0 Å². The highest BCUT2D eigenvalue weighted by Gasteiger charge is 2.30. The normalized spacial score (nSPS) is 14.5. The molecule has 1 aromatic rings. The maximum atomic E-state index is 11.5. The summed E-state index contributed by atoms with van der Waals surface area (Å²) in [6.45, 7) is 0.294. The van der Waals surface area contributed by atoms with Gasteiger partial charge in [-0.15, -0.1) is 0 Å². The van der Waals surface area contributed by atoms with Crippen molar-refractivity contribution in [3.63, 3.8) is 0 Å². The molecule has 1 aliphatic heterocycles. The van der Waals surface area contributed by atoms with Crippen LogP contribution in [0.5, 0.6) is 0 Å². The van der Waals surface area contributed by atoms with Crippen molar-refractivity contribution in [1.29, 1.82) is 0 Å². The fourth-order valence-corrected chi connectivity index (χ4v) is 1.69. The zero-order valence-corrected chi connectivity index (χ0v) is 11.6. The fraction of sp³-hybridized carbons (Fsp3) is 0.357. The van der Waals surface area contributed by atoms with Crippen LogP contribution in [0.15, 0.2) is 30.3 Å². The number of rotatable bonds is 3. The highest BCUT2D eigenvalue weighted by Crippen LogP contribution is 2.06. The van der Waals surface area contributed by atoms with Crippen molar-refractivity contribution in [2.45, 2.75) is 12.8 Å². The topological polar surface area (TPSA) is 75.7 Å². The molecule has 0 aromatic heterocycles. The molecule has 4 amide bonds. The number of hydrogen-bond donors (Lipinski definition) is 1. The monoisotopic (exact) mass is 278 g/mol. The number of barbiturate groups is 1. The first-order valence-corrected chi connectivity index (χ1v) is 6.16. The predicted octanol–water partition coefficient (Wildman–Crippen LogP) is 0.960. The number of carbonyl (C=O) groups excluding carboxylic acids is 3.